The van der Waals surface area contributed by atoms with Crippen LogP contribution in [0.25, 0.3) is 6.08 Å². The Morgan fingerprint density at radius 3 is 2.69 bits per heavy atom. The molecule has 1 aromatic rings. The number of ether oxygens (including phenoxy) is 1. The number of carbonyl (C=O) groups excluding carboxylic acids is 2. The van der Waals surface area contributed by atoms with E-state index in [0.29, 0.717) is 13.0 Å². The zero-order valence-corrected chi connectivity index (χ0v) is 16.0. The molecule has 4 nitrogen and oxygen atoms in total. The first-order valence-corrected chi connectivity index (χ1v) is 9.56. The molecule has 2 heterocycles. The lowest BCUT2D eigenvalue weighted by atomic mass is 9.57. The summed E-state index contributed by atoms with van der Waals surface area (Å²) in [6.45, 7) is 8.78. The van der Waals surface area contributed by atoms with E-state index in [1.807, 2.05) is 24.4 Å². The Morgan fingerprint density at radius 1 is 1.23 bits per heavy atom. The zero-order chi connectivity index (χ0) is 18.7. The number of cyclic esters (lactones) is 1. The van der Waals surface area contributed by atoms with Crippen molar-refractivity contribution < 1.29 is 14.3 Å². The SMILES string of the molecule is CC[C@H]1c2ccccc2C=CN1C(=O)[C@@]12CC[C@@](C)(COC1=O)C2(C)C. The second kappa shape index (κ2) is 5.45. The summed E-state index contributed by atoms with van der Waals surface area (Å²) in [5, 5.41) is 0. The van der Waals surface area contributed by atoms with E-state index >= 15 is 0 Å². The van der Waals surface area contributed by atoms with E-state index in [0.717, 1.165) is 24.0 Å². The van der Waals surface area contributed by atoms with Crippen molar-refractivity contribution >= 4 is 18.0 Å². The molecule has 26 heavy (non-hydrogen) atoms. The number of hydrogen-bond acceptors (Lipinski definition) is 3. The summed E-state index contributed by atoms with van der Waals surface area (Å²) in [5.41, 5.74) is 0.600. The highest BCUT2D eigenvalue weighted by atomic mass is 16.5. The van der Waals surface area contributed by atoms with Gasteiger partial charge in [0.25, 0.3) is 0 Å². The van der Waals surface area contributed by atoms with Gasteiger partial charge in [-0.2, -0.15) is 0 Å². The molecule has 3 aliphatic rings. The third-order valence-electron chi connectivity index (χ3n) is 7.59. The number of carbonyl (C=O) groups is 2. The summed E-state index contributed by atoms with van der Waals surface area (Å²) < 4.78 is 5.55. The molecule has 0 aromatic heterocycles. The van der Waals surface area contributed by atoms with Crippen LogP contribution in [0.4, 0.5) is 0 Å². The van der Waals surface area contributed by atoms with E-state index < -0.39 is 10.8 Å². The molecule has 1 saturated carbocycles. The number of amides is 1. The molecule has 0 radical (unpaired) electrons. The van der Waals surface area contributed by atoms with E-state index in [1.54, 1.807) is 4.90 Å². The van der Waals surface area contributed by atoms with Crippen LogP contribution >= 0.6 is 0 Å². The van der Waals surface area contributed by atoms with Crippen LogP contribution in [0.2, 0.25) is 0 Å². The molecule has 4 rings (SSSR count). The Kier molecular flexibility index (Phi) is 3.63. The quantitative estimate of drug-likeness (QED) is 0.587. The Balaban J connectivity index is 1.79. The van der Waals surface area contributed by atoms with Crippen molar-refractivity contribution in [2.24, 2.45) is 16.2 Å². The van der Waals surface area contributed by atoms with Crippen molar-refractivity contribution in [1.29, 1.82) is 0 Å². The fourth-order valence-corrected chi connectivity index (χ4v) is 5.25. The first-order valence-electron chi connectivity index (χ1n) is 9.56. The number of hydrogen-bond donors (Lipinski definition) is 0. The maximum atomic E-state index is 13.9. The van der Waals surface area contributed by atoms with Crippen molar-refractivity contribution in [3.63, 3.8) is 0 Å². The minimum Gasteiger partial charge on any atom is -0.464 e. The fourth-order valence-electron chi connectivity index (χ4n) is 5.25. The lowest BCUT2D eigenvalue weighted by Gasteiger charge is -2.51. The van der Waals surface area contributed by atoms with Gasteiger partial charge in [0.1, 0.15) is 0 Å². The van der Waals surface area contributed by atoms with Gasteiger partial charge in [0, 0.05) is 11.6 Å². The van der Waals surface area contributed by atoms with Crippen molar-refractivity contribution in [2.45, 2.75) is 53.0 Å². The van der Waals surface area contributed by atoms with Gasteiger partial charge in [-0.05, 0) is 41.9 Å². The summed E-state index contributed by atoms with van der Waals surface area (Å²) in [4.78, 5) is 28.6. The van der Waals surface area contributed by atoms with Gasteiger partial charge < -0.3 is 9.64 Å². The predicted octanol–water partition coefficient (Wildman–Crippen LogP) is 4.32. The molecular weight excluding hydrogens is 326 g/mol. The molecule has 0 N–H and O–H groups in total. The van der Waals surface area contributed by atoms with Gasteiger partial charge in [-0.15, -0.1) is 0 Å². The van der Waals surface area contributed by atoms with E-state index in [9.17, 15) is 9.59 Å². The second-order valence-electron chi connectivity index (χ2n) is 8.75. The van der Waals surface area contributed by atoms with Gasteiger partial charge in [0.2, 0.25) is 5.91 Å². The molecule has 1 aromatic carbocycles. The molecule has 138 valence electrons. The average Bonchev–Trinajstić information content (AvgIpc) is 2.75. The molecule has 4 heteroatoms. The summed E-state index contributed by atoms with van der Waals surface area (Å²) in [6.07, 6.45) is 6.04. The Bertz CT molecular complexity index is 811. The maximum Gasteiger partial charge on any atom is 0.322 e. The summed E-state index contributed by atoms with van der Waals surface area (Å²) in [6, 6.07) is 8.12. The maximum absolute atomic E-state index is 13.9. The highest BCUT2D eigenvalue weighted by Crippen LogP contribution is 2.66. The van der Waals surface area contributed by atoms with E-state index in [-0.39, 0.29) is 23.3 Å². The lowest BCUT2D eigenvalue weighted by Crippen LogP contribution is -2.60. The van der Waals surface area contributed by atoms with Gasteiger partial charge in [0.15, 0.2) is 5.41 Å². The third kappa shape index (κ3) is 1.90. The number of nitrogens with zero attached hydrogens (tertiary/aromatic N) is 1. The highest BCUT2D eigenvalue weighted by molar-refractivity contribution is 6.05. The highest BCUT2D eigenvalue weighted by Gasteiger charge is 2.72. The molecule has 0 spiro atoms. The number of rotatable bonds is 2. The summed E-state index contributed by atoms with van der Waals surface area (Å²) >= 11 is 0. The molecule has 1 saturated heterocycles. The minimum absolute atomic E-state index is 0.0459. The largest absolute Gasteiger partial charge is 0.464 e. The Morgan fingerprint density at radius 2 is 1.96 bits per heavy atom. The zero-order valence-electron chi connectivity index (χ0n) is 16.0. The fraction of sp³-hybridized carbons (Fsp3) is 0.545. The molecule has 2 fully saturated rings. The van der Waals surface area contributed by atoms with Crippen molar-refractivity contribution in [1.82, 2.24) is 4.90 Å². The van der Waals surface area contributed by atoms with Crippen LogP contribution in [0.5, 0.6) is 0 Å². The standard InChI is InChI=1S/C22H27NO3/c1-5-17-16-9-7-6-8-15(16)10-13-23(17)18(24)22-12-11-21(4,20(22,2)3)14-26-19(22)25/h6-10,13,17H,5,11-12,14H2,1-4H3/t17-,21-,22-/m0/s1. The van der Waals surface area contributed by atoms with E-state index in [2.05, 4.69) is 39.8 Å². The molecular formula is C22H27NO3. The normalized spacial score (nSPS) is 34.4. The van der Waals surface area contributed by atoms with E-state index in [4.69, 9.17) is 4.74 Å². The molecule has 0 unspecified atom stereocenters. The second-order valence-corrected chi connectivity index (χ2v) is 8.75. The monoisotopic (exact) mass is 353 g/mol. The minimum atomic E-state index is -1.09. The summed E-state index contributed by atoms with van der Waals surface area (Å²) in [7, 11) is 0. The average molecular weight is 353 g/mol. The van der Waals surface area contributed by atoms with Crippen LogP contribution in [0.3, 0.4) is 0 Å². The summed E-state index contributed by atoms with van der Waals surface area (Å²) in [5.74, 6) is -0.446. The van der Waals surface area contributed by atoms with Gasteiger partial charge in [-0.1, -0.05) is 52.0 Å². The van der Waals surface area contributed by atoms with Gasteiger partial charge in [0.05, 0.1) is 12.6 Å². The first kappa shape index (κ1) is 17.3. The van der Waals surface area contributed by atoms with Crippen LogP contribution in [0.1, 0.15) is 64.1 Å². The van der Waals surface area contributed by atoms with Crippen LogP contribution in [0.15, 0.2) is 30.5 Å². The molecule has 2 aliphatic heterocycles. The van der Waals surface area contributed by atoms with Crippen LogP contribution in [-0.2, 0) is 14.3 Å². The number of benzene rings is 1. The van der Waals surface area contributed by atoms with Gasteiger partial charge in [-0.25, -0.2) is 0 Å². The first-order chi connectivity index (χ1) is 12.3. The smallest absolute Gasteiger partial charge is 0.322 e. The molecule has 1 aliphatic carbocycles. The number of esters is 1. The van der Waals surface area contributed by atoms with Crippen LogP contribution < -0.4 is 0 Å². The Hall–Kier alpha value is -2.10. The predicted molar refractivity (Wildman–Crippen MR) is 99.9 cm³/mol. The van der Waals surface area contributed by atoms with Crippen molar-refractivity contribution in [2.75, 3.05) is 6.61 Å². The van der Waals surface area contributed by atoms with Crippen LogP contribution in [-0.4, -0.2) is 23.4 Å². The van der Waals surface area contributed by atoms with E-state index in [1.165, 1.54) is 0 Å². The van der Waals surface area contributed by atoms with Crippen molar-refractivity contribution in [3.05, 3.63) is 41.6 Å². The molecule has 3 atom stereocenters. The molecule has 2 bridgehead atoms. The molecule has 1 amide bonds. The third-order valence-corrected chi connectivity index (χ3v) is 7.59. The van der Waals surface area contributed by atoms with Gasteiger partial charge in [-0.3, -0.25) is 9.59 Å². The number of fused-ring (bicyclic) bond motifs is 3. The lowest BCUT2D eigenvalue weighted by molar-refractivity contribution is -0.193. The Labute approximate surface area is 155 Å². The van der Waals surface area contributed by atoms with Gasteiger partial charge >= 0.3 is 5.97 Å². The topological polar surface area (TPSA) is 46.6 Å². The van der Waals surface area contributed by atoms with Crippen molar-refractivity contribution in [3.8, 4) is 0 Å². The van der Waals surface area contributed by atoms with Crippen LogP contribution in [0, 0.1) is 16.2 Å².